The zero-order valence-electron chi connectivity index (χ0n) is 7.45. The molecule has 0 aromatic rings. The van der Waals surface area contributed by atoms with Crippen molar-refractivity contribution in [1.82, 2.24) is 4.90 Å². The number of methoxy groups -OCH3 is 1. The minimum absolute atomic E-state index is 0.251. The number of hydrogen-bond acceptors (Lipinski definition) is 4. The molecule has 72 valence electrons. The maximum absolute atomic E-state index is 10.5. The lowest BCUT2D eigenvalue weighted by molar-refractivity contribution is -0.119. The minimum Gasteiger partial charge on any atom is -0.383 e. The molecule has 0 unspecified atom stereocenters. The van der Waals surface area contributed by atoms with Crippen LogP contribution in [-0.2, 0) is 9.53 Å². The molecule has 1 amide bonds. The molecule has 0 radical (unpaired) electrons. The summed E-state index contributed by atoms with van der Waals surface area (Å²) in [5, 5.41) is 0. The molecule has 0 aliphatic heterocycles. The highest BCUT2D eigenvalue weighted by atomic mass is 16.5. The fourth-order valence-electron chi connectivity index (χ4n) is 0.893. The molecule has 0 spiro atoms. The fourth-order valence-corrected chi connectivity index (χ4v) is 0.893. The Morgan fingerprint density at radius 2 is 2.17 bits per heavy atom. The van der Waals surface area contributed by atoms with Gasteiger partial charge in [0.1, 0.15) is 0 Å². The van der Waals surface area contributed by atoms with Crippen molar-refractivity contribution in [3.63, 3.8) is 0 Å². The van der Waals surface area contributed by atoms with E-state index >= 15 is 0 Å². The van der Waals surface area contributed by atoms with E-state index in [0.29, 0.717) is 26.2 Å². The Morgan fingerprint density at radius 3 is 2.58 bits per heavy atom. The summed E-state index contributed by atoms with van der Waals surface area (Å²) in [5.74, 6) is -0.334. The first kappa shape index (κ1) is 11.4. The highest BCUT2D eigenvalue weighted by Crippen LogP contribution is 1.85. The summed E-state index contributed by atoms with van der Waals surface area (Å²) >= 11 is 0. The molecule has 0 saturated carbocycles. The summed E-state index contributed by atoms with van der Waals surface area (Å²) in [6, 6.07) is 0. The van der Waals surface area contributed by atoms with Gasteiger partial charge in [0.15, 0.2) is 0 Å². The van der Waals surface area contributed by atoms with Crippen molar-refractivity contribution in [2.45, 2.75) is 0 Å². The zero-order valence-corrected chi connectivity index (χ0v) is 7.45. The largest absolute Gasteiger partial charge is 0.383 e. The summed E-state index contributed by atoms with van der Waals surface area (Å²) in [4.78, 5) is 12.4. The van der Waals surface area contributed by atoms with Crippen LogP contribution in [0.15, 0.2) is 0 Å². The number of rotatable bonds is 7. The Morgan fingerprint density at radius 1 is 1.50 bits per heavy atom. The van der Waals surface area contributed by atoms with Crippen molar-refractivity contribution in [1.29, 1.82) is 0 Å². The molecule has 0 saturated heterocycles. The van der Waals surface area contributed by atoms with Crippen LogP contribution < -0.4 is 11.5 Å². The molecule has 4 N–H and O–H groups in total. The molecule has 0 rings (SSSR count). The predicted octanol–water partition coefficient (Wildman–Crippen LogP) is -1.62. The second-order valence-electron chi connectivity index (χ2n) is 2.52. The van der Waals surface area contributed by atoms with Gasteiger partial charge < -0.3 is 16.2 Å². The molecule has 0 heterocycles. The maximum Gasteiger partial charge on any atom is 0.231 e. The third-order valence-electron chi connectivity index (χ3n) is 1.44. The van der Waals surface area contributed by atoms with Gasteiger partial charge in [-0.05, 0) is 0 Å². The first-order valence-corrected chi connectivity index (χ1v) is 3.90. The highest BCUT2D eigenvalue weighted by molar-refractivity contribution is 5.75. The molecule has 0 aromatic carbocycles. The van der Waals surface area contributed by atoms with Crippen LogP contribution >= 0.6 is 0 Å². The van der Waals surface area contributed by atoms with E-state index in [9.17, 15) is 4.79 Å². The number of amides is 1. The van der Waals surface area contributed by atoms with E-state index in [-0.39, 0.29) is 12.5 Å². The predicted molar refractivity (Wildman–Crippen MR) is 46.6 cm³/mol. The van der Waals surface area contributed by atoms with Crippen LogP contribution in [0, 0.1) is 0 Å². The van der Waals surface area contributed by atoms with Gasteiger partial charge in [0, 0.05) is 26.7 Å². The van der Waals surface area contributed by atoms with Gasteiger partial charge in [0.05, 0.1) is 13.2 Å². The van der Waals surface area contributed by atoms with Crippen LogP contribution in [0.4, 0.5) is 0 Å². The maximum atomic E-state index is 10.5. The van der Waals surface area contributed by atoms with Crippen molar-refractivity contribution >= 4 is 5.91 Å². The van der Waals surface area contributed by atoms with Gasteiger partial charge in [0.25, 0.3) is 0 Å². The third-order valence-corrected chi connectivity index (χ3v) is 1.44. The first-order chi connectivity index (χ1) is 5.70. The Labute approximate surface area is 72.6 Å². The average molecular weight is 175 g/mol. The molecule has 12 heavy (non-hydrogen) atoms. The molecule has 0 atom stereocenters. The molecular formula is C7H17N3O2. The second-order valence-corrected chi connectivity index (χ2v) is 2.52. The molecular weight excluding hydrogens is 158 g/mol. The minimum atomic E-state index is -0.334. The average Bonchev–Trinajstić information content (AvgIpc) is 2.00. The lowest BCUT2D eigenvalue weighted by Gasteiger charge is -2.18. The van der Waals surface area contributed by atoms with E-state index in [1.807, 2.05) is 4.90 Å². The normalized spacial score (nSPS) is 10.6. The van der Waals surface area contributed by atoms with E-state index in [1.165, 1.54) is 0 Å². The van der Waals surface area contributed by atoms with E-state index in [0.717, 1.165) is 0 Å². The Balaban J connectivity index is 3.61. The Hall–Kier alpha value is -0.650. The van der Waals surface area contributed by atoms with E-state index in [2.05, 4.69) is 0 Å². The number of ether oxygens (including phenoxy) is 1. The number of primary amides is 1. The first-order valence-electron chi connectivity index (χ1n) is 3.90. The number of nitrogens with zero attached hydrogens (tertiary/aromatic N) is 1. The van der Waals surface area contributed by atoms with Gasteiger partial charge in [-0.3, -0.25) is 9.69 Å². The van der Waals surface area contributed by atoms with Crippen LogP contribution in [0.2, 0.25) is 0 Å². The van der Waals surface area contributed by atoms with E-state index < -0.39 is 0 Å². The standard InChI is InChI=1S/C7H17N3O2/c1-12-5-4-10(3-2-8)6-7(9)11/h2-6,8H2,1H3,(H2,9,11). The molecule has 5 heteroatoms. The van der Waals surface area contributed by atoms with Gasteiger partial charge >= 0.3 is 0 Å². The lowest BCUT2D eigenvalue weighted by Crippen LogP contribution is -2.38. The van der Waals surface area contributed by atoms with Gasteiger partial charge in [-0.15, -0.1) is 0 Å². The van der Waals surface area contributed by atoms with Crippen molar-refractivity contribution in [2.24, 2.45) is 11.5 Å². The lowest BCUT2D eigenvalue weighted by atomic mass is 10.4. The van der Waals surface area contributed by atoms with E-state index in [1.54, 1.807) is 7.11 Å². The number of nitrogens with two attached hydrogens (primary N) is 2. The van der Waals surface area contributed by atoms with Crippen LogP contribution in [0.3, 0.4) is 0 Å². The summed E-state index contributed by atoms with van der Waals surface area (Å²) in [6.07, 6.45) is 0. The quantitative estimate of drug-likeness (QED) is 0.487. The van der Waals surface area contributed by atoms with Gasteiger partial charge in [-0.2, -0.15) is 0 Å². The number of carbonyl (C=O) groups excluding carboxylic acids is 1. The fraction of sp³-hybridized carbons (Fsp3) is 0.857. The third kappa shape index (κ3) is 6.09. The summed E-state index contributed by atoms with van der Waals surface area (Å²) in [6.45, 7) is 2.73. The molecule has 5 nitrogen and oxygen atoms in total. The molecule has 0 fully saturated rings. The van der Waals surface area contributed by atoms with Crippen molar-refractivity contribution in [2.75, 3.05) is 39.9 Å². The summed E-state index contributed by atoms with van der Waals surface area (Å²) < 4.78 is 4.87. The van der Waals surface area contributed by atoms with Crippen molar-refractivity contribution < 1.29 is 9.53 Å². The molecule has 0 bridgehead atoms. The van der Waals surface area contributed by atoms with Crippen LogP contribution in [0.5, 0.6) is 0 Å². The van der Waals surface area contributed by atoms with Crippen LogP contribution in [-0.4, -0.2) is 50.7 Å². The van der Waals surface area contributed by atoms with Gasteiger partial charge in [-0.25, -0.2) is 0 Å². The van der Waals surface area contributed by atoms with Crippen molar-refractivity contribution in [3.05, 3.63) is 0 Å². The molecule has 0 aliphatic carbocycles. The number of carbonyl (C=O) groups is 1. The Kier molecular flexibility index (Phi) is 6.64. The topological polar surface area (TPSA) is 81.6 Å². The zero-order chi connectivity index (χ0) is 9.40. The smallest absolute Gasteiger partial charge is 0.231 e. The molecule has 0 aliphatic rings. The van der Waals surface area contributed by atoms with E-state index in [4.69, 9.17) is 16.2 Å². The van der Waals surface area contributed by atoms with Gasteiger partial charge in [-0.1, -0.05) is 0 Å². The summed E-state index contributed by atoms with van der Waals surface area (Å²) in [5.41, 5.74) is 10.4. The monoisotopic (exact) mass is 175 g/mol. The number of hydrogen-bond donors (Lipinski definition) is 2. The summed E-state index contributed by atoms with van der Waals surface area (Å²) in [7, 11) is 1.62. The second kappa shape index (κ2) is 7.02. The van der Waals surface area contributed by atoms with Crippen LogP contribution in [0.1, 0.15) is 0 Å². The SMILES string of the molecule is COCCN(CCN)CC(N)=O. The van der Waals surface area contributed by atoms with Gasteiger partial charge in [0.2, 0.25) is 5.91 Å². The van der Waals surface area contributed by atoms with Crippen molar-refractivity contribution in [3.8, 4) is 0 Å². The Bertz CT molecular complexity index is 130. The highest BCUT2D eigenvalue weighted by Gasteiger charge is 2.05. The van der Waals surface area contributed by atoms with Crippen LogP contribution in [0.25, 0.3) is 0 Å². The molecule has 0 aromatic heterocycles.